The standard InChI is InChI=1S/C25H25N3O5S2/c1-16-6-3-4-13-28(16)35(30,31)19-11-9-17(10-12-19)24(29)27-25-26-20(15-34-25)22-14-18-7-5-8-21(32-2)23(18)33-22/h5,7-12,14-16H,3-4,6,13H2,1-2H3,(H,26,27,29)/t16-/m1/s1. The molecular weight excluding hydrogens is 486 g/mol. The molecule has 0 bridgehead atoms. The van der Waals surface area contributed by atoms with E-state index in [4.69, 9.17) is 9.15 Å². The van der Waals surface area contributed by atoms with E-state index in [0.29, 0.717) is 40.0 Å². The largest absolute Gasteiger partial charge is 0.493 e. The number of aromatic nitrogens is 1. The van der Waals surface area contributed by atoms with Crippen LogP contribution in [0.3, 0.4) is 0 Å². The molecule has 4 aromatic rings. The summed E-state index contributed by atoms with van der Waals surface area (Å²) < 4.78 is 38.8. The van der Waals surface area contributed by atoms with Gasteiger partial charge < -0.3 is 9.15 Å². The van der Waals surface area contributed by atoms with E-state index in [0.717, 1.165) is 24.6 Å². The van der Waals surface area contributed by atoms with Gasteiger partial charge in [-0.15, -0.1) is 11.3 Å². The summed E-state index contributed by atoms with van der Waals surface area (Å²) >= 11 is 1.28. The molecule has 182 valence electrons. The summed E-state index contributed by atoms with van der Waals surface area (Å²) in [6.07, 6.45) is 2.76. The number of rotatable bonds is 6. The first kappa shape index (κ1) is 23.5. The van der Waals surface area contributed by atoms with Crippen molar-refractivity contribution in [3.8, 4) is 17.2 Å². The van der Waals surface area contributed by atoms with Gasteiger partial charge in [-0.2, -0.15) is 4.31 Å². The van der Waals surface area contributed by atoms with Crippen molar-refractivity contribution < 1.29 is 22.4 Å². The molecule has 1 amide bonds. The van der Waals surface area contributed by atoms with E-state index < -0.39 is 10.0 Å². The number of para-hydroxylation sites is 1. The van der Waals surface area contributed by atoms with Crippen molar-refractivity contribution >= 4 is 43.4 Å². The van der Waals surface area contributed by atoms with Crippen LogP contribution in [0.1, 0.15) is 36.5 Å². The van der Waals surface area contributed by atoms with Crippen molar-refractivity contribution in [3.05, 3.63) is 59.5 Å². The number of amides is 1. The molecule has 2 aromatic heterocycles. The molecule has 1 saturated heterocycles. The third kappa shape index (κ3) is 4.56. The number of furan rings is 1. The fourth-order valence-electron chi connectivity index (χ4n) is 4.28. The average Bonchev–Trinajstić information content (AvgIpc) is 3.51. The third-order valence-electron chi connectivity index (χ3n) is 6.17. The number of carbonyl (C=O) groups is 1. The number of benzene rings is 2. The Morgan fingerprint density at radius 2 is 2.00 bits per heavy atom. The van der Waals surface area contributed by atoms with Crippen LogP contribution in [0.2, 0.25) is 0 Å². The third-order valence-corrected chi connectivity index (χ3v) is 8.96. The molecule has 35 heavy (non-hydrogen) atoms. The van der Waals surface area contributed by atoms with E-state index in [-0.39, 0.29) is 16.8 Å². The number of methoxy groups -OCH3 is 1. The second-order valence-electron chi connectivity index (χ2n) is 8.47. The van der Waals surface area contributed by atoms with Crippen LogP contribution in [-0.4, -0.2) is 43.3 Å². The molecule has 0 aliphatic carbocycles. The smallest absolute Gasteiger partial charge is 0.257 e. The number of carbonyl (C=O) groups excluding carboxylic acids is 1. The lowest BCUT2D eigenvalue weighted by atomic mass is 10.1. The molecule has 0 spiro atoms. The number of ether oxygens (including phenoxy) is 1. The van der Waals surface area contributed by atoms with Crippen LogP contribution in [-0.2, 0) is 10.0 Å². The summed E-state index contributed by atoms with van der Waals surface area (Å²) in [5.74, 6) is 0.841. The minimum Gasteiger partial charge on any atom is -0.493 e. The first-order chi connectivity index (χ1) is 16.9. The Kier molecular flexibility index (Phi) is 6.35. The van der Waals surface area contributed by atoms with Crippen LogP contribution in [0, 0.1) is 0 Å². The zero-order valence-electron chi connectivity index (χ0n) is 19.4. The predicted octanol–water partition coefficient (Wildman–Crippen LogP) is 5.38. The summed E-state index contributed by atoms with van der Waals surface area (Å²) in [5.41, 5.74) is 1.58. The number of anilines is 1. The van der Waals surface area contributed by atoms with E-state index in [1.807, 2.05) is 31.2 Å². The van der Waals surface area contributed by atoms with Gasteiger partial charge >= 0.3 is 0 Å². The highest BCUT2D eigenvalue weighted by molar-refractivity contribution is 7.89. The fourth-order valence-corrected chi connectivity index (χ4v) is 6.67. The van der Waals surface area contributed by atoms with E-state index in [1.165, 1.54) is 35.6 Å². The van der Waals surface area contributed by atoms with Gasteiger partial charge in [0.25, 0.3) is 5.91 Å². The summed E-state index contributed by atoms with van der Waals surface area (Å²) in [7, 11) is -2.00. The molecule has 10 heteroatoms. The normalized spacial score (nSPS) is 16.9. The quantitative estimate of drug-likeness (QED) is 0.373. The van der Waals surface area contributed by atoms with Crippen molar-refractivity contribution in [1.29, 1.82) is 0 Å². The molecule has 1 fully saturated rings. The first-order valence-corrected chi connectivity index (χ1v) is 13.6. The van der Waals surface area contributed by atoms with E-state index >= 15 is 0 Å². The monoisotopic (exact) mass is 511 g/mol. The zero-order chi connectivity index (χ0) is 24.6. The number of piperidine rings is 1. The van der Waals surface area contributed by atoms with Crippen LogP contribution in [0.4, 0.5) is 5.13 Å². The SMILES string of the molecule is COc1cccc2cc(-c3csc(NC(=O)c4ccc(S(=O)(=O)N5CCCC[C@H]5C)cc4)n3)oc12. The lowest BCUT2D eigenvalue weighted by Crippen LogP contribution is -2.41. The molecule has 8 nitrogen and oxygen atoms in total. The van der Waals surface area contributed by atoms with Gasteiger partial charge in [-0.3, -0.25) is 10.1 Å². The van der Waals surface area contributed by atoms with Gasteiger partial charge in [0, 0.05) is 28.9 Å². The molecule has 0 unspecified atom stereocenters. The van der Waals surface area contributed by atoms with Gasteiger partial charge in [0.15, 0.2) is 22.2 Å². The summed E-state index contributed by atoms with van der Waals surface area (Å²) in [5, 5.41) is 5.88. The van der Waals surface area contributed by atoms with Crippen molar-refractivity contribution in [1.82, 2.24) is 9.29 Å². The van der Waals surface area contributed by atoms with Crippen molar-refractivity contribution in [2.75, 3.05) is 19.0 Å². The van der Waals surface area contributed by atoms with Gasteiger partial charge in [-0.05, 0) is 56.2 Å². The Labute approximate surface area is 207 Å². The number of fused-ring (bicyclic) bond motifs is 1. The summed E-state index contributed by atoms with van der Waals surface area (Å²) in [6.45, 7) is 2.46. The van der Waals surface area contributed by atoms with E-state index in [1.54, 1.807) is 16.8 Å². The number of sulfonamides is 1. The minimum atomic E-state index is -3.58. The maximum absolute atomic E-state index is 13.0. The zero-order valence-corrected chi connectivity index (χ0v) is 21.0. The first-order valence-electron chi connectivity index (χ1n) is 11.3. The lowest BCUT2D eigenvalue weighted by Gasteiger charge is -2.32. The van der Waals surface area contributed by atoms with Crippen LogP contribution in [0.5, 0.6) is 5.75 Å². The van der Waals surface area contributed by atoms with Gasteiger partial charge in [-0.1, -0.05) is 18.6 Å². The maximum Gasteiger partial charge on any atom is 0.257 e. The molecule has 3 heterocycles. The second kappa shape index (κ2) is 9.44. The number of nitrogens with one attached hydrogen (secondary N) is 1. The number of nitrogens with zero attached hydrogens (tertiary/aromatic N) is 2. The Hall–Kier alpha value is -3.21. The molecule has 1 aliphatic rings. The predicted molar refractivity (Wildman–Crippen MR) is 135 cm³/mol. The minimum absolute atomic E-state index is 0.0244. The molecule has 1 atom stereocenters. The average molecular weight is 512 g/mol. The molecule has 1 aliphatic heterocycles. The summed E-state index contributed by atoms with van der Waals surface area (Å²) in [4.78, 5) is 17.4. The molecule has 0 saturated carbocycles. The number of hydrogen-bond donors (Lipinski definition) is 1. The molecular formula is C25H25N3O5S2. The van der Waals surface area contributed by atoms with Gasteiger partial charge in [0.2, 0.25) is 10.0 Å². The van der Waals surface area contributed by atoms with Crippen molar-refractivity contribution in [2.45, 2.75) is 37.1 Å². The van der Waals surface area contributed by atoms with Gasteiger partial charge in [0.1, 0.15) is 5.69 Å². The highest BCUT2D eigenvalue weighted by Gasteiger charge is 2.31. The lowest BCUT2D eigenvalue weighted by molar-refractivity contribution is 0.102. The highest BCUT2D eigenvalue weighted by Crippen LogP contribution is 2.34. The van der Waals surface area contributed by atoms with Crippen LogP contribution >= 0.6 is 11.3 Å². The van der Waals surface area contributed by atoms with Crippen LogP contribution < -0.4 is 10.1 Å². The van der Waals surface area contributed by atoms with Crippen LogP contribution in [0.15, 0.2) is 63.2 Å². The fraction of sp³-hybridized carbons (Fsp3) is 0.280. The number of hydrogen-bond acceptors (Lipinski definition) is 7. The van der Waals surface area contributed by atoms with Crippen molar-refractivity contribution in [2.24, 2.45) is 0 Å². The van der Waals surface area contributed by atoms with Gasteiger partial charge in [-0.25, -0.2) is 13.4 Å². The van der Waals surface area contributed by atoms with Gasteiger partial charge in [0.05, 0.1) is 12.0 Å². The molecule has 2 aromatic carbocycles. The van der Waals surface area contributed by atoms with E-state index in [9.17, 15) is 13.2 Å². The topological polar surface area (TPSA) is 102 Å². The summed E-state index contributed by atoms with van der Waals surface area (Å²) in [6, 6.07) is 13.5. The van der Waals surface area contributed by atoms with Crippen LogP contribution in [0.25, 0.3) is 22.4 Å². The Bertz CT molecular complexity index is 1470. The second-order valence-corrected chi connectivity index (χ2v) is 11.2. The Balaban J connectivity index is 1.30. The molecule has 0 radical (unpaired) electrons. The molecule has 5 rings (SSSR count). The highest BCUT2D eigenvalue weighted by atomic mass is 32.2. The maximum atomic E-state index is 13.0. The Morgan fingerprint density at radius 1 is 1.20 bits per heavy atom. The Morgan fingerprint density at radius 3 is 2.74 bits per heavy atom. The number of thiazole rings is 1. The molecule has 1 N–H and O–H groups in total. The van der Waals surface area contributed by atoms with Crippen molar-refractivity contribution in [3.63, 3.8) is 0 Å². The van der Waals surface area contributed by atoms with E-state index in [2.05, 4.69) is 10.3 Å².